The number of ether oxygens (including phenoxy) is 1. The van der Waals surface area contributed by atoms with E-state index in [4.69, 9.17) is 4.74 Å². The maximum absolute atomic E-state index is 5.68. The van der Waals surface area contributed by atoms with Crippen LogP contribution in [0.15, 0.2) is 0 Å². The van der Waals surface area contributed by atoms with E-state index >= 15 is 0 Å². The molecule has 0 radical (unpaired) electrons. The van der Waals surface area contributed by atoms with Gasteiger partial charge in [0.1, 0.15) is 0 Å². The molecule has 2 fully saturated rings. The van der Waals surface area contributed by atoms with Gasteiger partial charge in [-0.25, -0.2) is 0 Å². The van der Waals surface area contributed by atoms with Gasteiger partial charge in [-0.3, -0.25) is 4.90 Å². The van der Waals surface area contributed by atoms with Gasteiger partial charge >= 0.3 is 0 Å². The molecule has 106 valence electrons. The maximum Gasteiger partial charge on any atom is 0.0561 e. The highest BCUT2D eigenvalue weighted by atomic mass is 16.5. The molecule has 2 aliphatic heterocycles. The second-order valence-electron chi connectivity index (χ2n) is 6.15. The molecular formula is C15H30N2O. The number of rotatable bonds is 3. The summed E-state index contributed by atoms with van der Waals surface area (Å²) in [5.74, 6) is 0.780. The summed E-state index contributed by atoms with van der Waals surface area (Å²) in [6, 6.07) is 1.43. The molecule has 0 aromatic heterocycles. The zero-order valence-corrected chi connectivity index (χ0v) is 12.3. The second kappa shape index (κ2) is 6.88. The fourth-order valence-electron chi connectivity index (χ4n) is 3.28. The normalized spacial score (nSPS) is 37.2. The van der Waals surface area contributed by atoms with E-state index < -0.39 is 0 Å². The molecule has 0 amide bonds. The van der Waals surface area contributed by atoms with Crippen LogP contribution >= 0.6 is 0 Å². The molecule has 2 rings (SSSR count). The Morgan fingerprint density at radius 1 is 1.44 bits per heavy atom. The first-order valence-electron chi connectivity index (χ1n) is 7.79. The minimum atomic E-state index is 0.446. The van der Waals surface area contributed by atoms with Gasteiger partial charge in [0.05, 0.1) is 6.10 Å². The van der Waals surface area contributed by atoms with Crippen LogP contribution in [0.2, 0.25) is 0 Å². The molecule has 4 atom stereocenters. The molecule has 0 aromatic rings. The average Bonchev–Trinajstić information content (AvgIpc) is 2.63. The van der Waals surface area contributed by atoms with Gasteiger partial charge in [-0.1, -0.05) is 20.3 Å². The van der Waals surface area contributed by atoms with Crippen molar-refractivity contribution >= 4 is 0 Å². The van der Waals surface area contributed by atoms with Crippen LogP contribution in [0.25, 0.3) is 0 Å². The molecule has 0 spiro atoms. The highest BCUT2D eigenvalue weighted by molar-refractivity contribution is 4.85. The van der Waals surface area contributed by atoms with E-state index in [-0.39, 0.29) is 0 Å². The molecule has 4 unspecified atom stereocenters. The van der Waals surface area contributed by atoms with E-state index in [2.05, 4.69) is 31.0 Å². The Morgan fingerprint density at radius 3 is 3.00 bits per heavy atom. The fraction of sp³-hybridized carbons (Fsp3) is 1.00. The molecule has 1 N–H and O–H groups in total. The third-order valence-corrected chi connectivity index (χ3v) is 4.76. The molecule has 0 bridgehead atoms. The minimum absolute atomic E-state index is 0.446. The van der Waals surface area contributed by atoms with Crippen molar-refractivity contribution in [1.29, 1.82) is 0 Å². The Labute approximate surface area is 112 Å². The standard InChI is InChI=1S/C15H30N2O/c1-4-12(2)15-11-17(8-5-7-16-15)14-6-9-18-13(3)10-14/h12-16H,4-11H2,1-3H3. The zero-order valence-electron chi connectivity index (χ0n) is 12.3. The van der Waals surface area contributed by atoms with Crippen molar-refractivity contribution < 1.29 is 4.74 Å². The lowest BCUT2D eigenvalue weighted by atomic mass is 9.96. The van der Waals surface area contributed by atoms with Crippen molar-refractivity contribution in [1.82, 2.24) is 10.2 Å². The number of nitrogens with one attached hydrogen (secondary N) is 1. The Morgan fingerprint density at radius 2 is 2.28 bits per heavy atom. The van der Waals surface area contributed by atoms with Crippen LogP contribution in [-0.2, 0) is 4.74 Å². The van der Waals surface area contributed by atoms with Crippen LogP contribution < -0.4 is 5.32 Å². The number of hydrogen-bond acceptors (Lipinski definition) is 3. The van der Waals surface area contributed by atoms with E-state index in [1.807, 2.05) is 0 Å². The molecule has 2 saturated heterocycles. The Kier molecular flexibility index (Phi) is 5.46. The molecule has 3 heteroatoms. The summed E-state index contributed by atoms with van der Waals surface area (Å²) in [4.78, 5) is 2.73. The Bertz CT molecular complexity index is 247. The summed E-state index contributed by atoms with van der Waals surface area (Å²) in [5.41, 5.74) is 0. The van der Waals surface area contributed by atoms with Gasteiger partial charge in [0, 0.05) is 25.2 Å². The van der Waals surface area contributed by atoms with E-state index in [9.17, 15) is 0 Å². The van der Waals surface area contributed by atoms with Crippen LogP contribution in [0.1, 0.15) is 46.5 Å². The SMILES string of the molecule is CCC(C)C1CN(C2CCOC(C)C2)CCCN1. The molecule has 0 aromatic carbocycles. The van der Waals surface area contributed by atoms with Gasteiger partial charge in [-0.05, 0) is 45.2 Å². The van der Waals surface area contributed by atoms with Gasteiger partial charge < -0.3 is 10.1 Å². The summed E-state index contributed by atoms with van der Waals surface area (Å²) >= 11 is 0. The number of nitrogens with zero attached hydrogens (tertiary/aromatic N) is 1. The van der Waals surface area contributed by atoms with Gasteiger partial charge in [0.2, 0.25) is 0 Å². The van der Waals surface area contributed by atoms with Crippen molar-refractivity contribution in [2.75, 3.05) is 26.2 Å². The zero-order chi connectivity index (χ0) is 13.0. The largest absolute Gasteiger partial charge is 0.378 e. The molecule has 0 saturated carbocycles. The molecular weight excluding hydrogens is 224 g/mol. The first-order valence-corrected chi connectivity index (χ1v) is 7.79. The molecule has 2 heterocycles. The first kappa shape index (κ1) is 14.3. The van der Waals surface area contributed by atoms with Crippen LogP contribution in [-0.4, -0.2) is 49.3 Å². The topological polar surface area (TPSA) is 24.5 Å². The van der Waals surface area contributed by atoms with Crippen molar-refractivity contribution in [2.24, 2.45) is 5.92 Å². The van der Waals surface area contributed by atoms with Crippen LogP contribution in [0, 0.1) is 5.92 Å². The summed E-state index contributed by atoms with van der Waals surface area (Å²) in [6.07, 6.45) is 5.45. The monoisotopic (exact) mass is 254 g/mol. The van der Waals surface area contributed by atoms with Crippen molar-refractivity contribution in [2.45, 2.75) is 64.6 Å². The van der Waals surface area contributed by atoms with Gasteiger partial charge in [-0.2, -0.15) is 0 Å². The quantitative estimate of drug-likeness (QED) is 0.836. The fourth-order valence-corrected chi connectivity index (χ4v) is 3.28. The lowest BCUT2D eigenvalue weighted by molar-refractivity contribution is -0.0186. The van der Waals surface area contributed by atoms with Gasteiger partial charge in [0.25, 0.3) is 0 Å². The first-order chi connectivity index (χ1) is 8.70. The Balaban J connectivity index is 1.93. The van der Waals surface area contributed by atoms with Crippen molar-refractivity contribution in [3.8, 4) is 0 Å². The smallest absolute Gasteiger partial charge is 0.0561 e. The second-order valence-corrected chi connectivity index (χ2v) is 6.15. The third-order valence-electron chi connectivity index (χ3n) is 4.76. The lowest BCUT2D eigenvalue weighted by Gasteiger charge is -2.38. The van der Waals surface area contributed by atoms with Crippen LogP contribution in [0.3, 0.4) is 0 Å². The minimum Gasteiger partial charge on any atom is -0.378 e. The summed E-state index contributed by atoms with van der Waals surface area (Å²) in [7, 11) is 0. The summed E-state index contributed by atoms with van der Waals surface area (Å²) in [6.45, 7) is 11.5. The van der Waals surface area contributed by atoms with E-state index in [1.54, 1.807) is 0 Å². The van der Waals surface area contributed by atoms with Gasteiger partial charge in [-0.15, -0.1) is 0 Å². The summed E-state index contributed by atoms with van der Waals surface area (Å²) in [5, 5.41) is 3.74. The van der Waals surface area contributed by atoms with Crippen LogP contribution in [0.4, 0.5) is 0 Å². The highest BCUT2D eigenvalue weighted by Crippen LogP contribution is 2.22. The summed E-state index contributed by atoms with van der Waals surface area (Å²) < 4.78 is 5.68. The molecule has 2 aliphatic rings. The third kappa shape index (κ3) is 3.69. The van der Waals surface area contributed by atoms with E-state index in [1.165, 1.54) is 45.3 Å². The molecule has 18 heavy (non-hydrogen) atoms. The van der Waals surface area contributed by atoms with Crippen molar-refractivity contribution in [3.63, 3.8) is 0 Å². The van der Waals surface area contributed by atoms with E-state index in [0.29, 0.717) is 12.1 Å². The Hall–Kier alpha value is -0.120. The molecule has 0 aliphatic carbocycles. The van der Waals surface area contributed by atoms with Gasteiger partial charge in [0.15, 0.2) is 0 Å². The van der Waals surface area contributed by atoms with E-state index in [0.717, 1.165) is 18.6 Å². The predicted molar refractivity (Wildman–Crippen MR) is 75.9 cm³/mol. The van der Waals surface area contributed by atoms with Crippen molar-refractivity contribution in [3.05, 3.63) is 0 Å². The maximum atomic E-state index is 5.68. The average molecular weight is 254 g/mol. The highest BCUT2D eigenvalue weighted by Gasteiger charge is 2.29. The van der Waals surface area contributed by atoms with Crippen LogP contribution in [0.5, 0.6) is 0 Å². The predicted octanol–water partition coefficient (Wildman–Crippen LogP) is 2.26. The lowest BCUT2D eigenvalue weighted by Crippen LogP contribution is -2.48. The molecule has 3 nitrogen and oxygen atoms in total. The number of hydrogen-bond donors (Lipinski definition) is 1.